The molecular weight excluding hydrogens is 1140 g/mol. The summed E-state index contributed by atoms with van der Waals surface area (Å²) in [6.45, 7) is 6.47. The predicted molar refractivity (Wildman–Crippen MR) is 322 cm³/mol. The summed E-state index contributed by atoms with van der Waals surface area (Å²) in [5.74, 6) is -7.89. The van der Waals surface area contributed by atoms with Crippen LogP contribution in [0, 0.1) is 0 Å². The van der Waals surface area contributed by atoms with Crippen LogP contribution >= 0.6 is 0 Å². The van der Waals surface area contributed by atoms with Gasteiger partial charge in [-0.3, -0.25) is 38.8 Å². The smallest absolute Gasteiger partial charge is 0.475 e. The number of primary amides is 1. The number of rotatable bonds is 51. The Morgan fingerprint density at radius 2 is 0.733 bits per heavy atom. The maximum atomic E-state index is 13.7. The van der Waals surface area contributed by atoms with Gasteiger partial charge < -0.3 is 65.0 Å². The van der Waals surface area contributed by atoms with E-state index in [1.54, 1.807) is 4.90 Å². The monoisotopic (exact) mass is 1250 g/mol. The van der Waals surface area contributed by atoms with Crippen molar-refractivity contribution in [1.82, 2.24) is 26.2 Å². The number of carboxylic acid groups (broad SMARTS) is 2. The van der Waals surface area contributed by atoms with Crippen LogP contribution in [0.5, 0.6) is 0 Å². The van der Waals surface area contributed by atoms with Gasteiger partial charge in [-0.05, 0) is 51.4 Å². The van der Waals surface area contributed by atoms with Crippen LogP contribution < -0.4 is 49.9 Å². The van der Waals surface area contributed by atoms with Gasteiger partial charge >= 0.3 is 24.3 Å². The first kappa shape index (κ1) is 84.1. The van der Waals surface area contributed by atoms with Gasteiger partial charge in [0.15, 0.2) is 11.9 Å². The molecule has 0 saturated heterocycles. The Kier molecular flexibility index (Phi) is 54.2. The number of alkyl halides is 6. The lowest BCUT2D eigenvalue weighted by molar-refractivity contribution is -0.193. The van der Waals surface area contributed by atoms with Gasteiger partial charge in [0.1, 0.15) is 12.1 Å². The molecule has 0 aromatic rings. The summed E-state index contributed by atoms with van der Waals surface area (Å²) >= 11 is 0. The van der Waals surface area contributed by atoms with E-state index in [2.05, 4.69) is 45.1 Å². The van der Waals surface area contributed by atoms with Crippen LogP contribution in [-0.2, 0) is 38.4 Å². The van der Waals surface area contributed by atoms with E-state index in [9.17, 15) is 55.1 Å². The highest BCUT2D eigenvalue weighted by Gasteiger charge is 2.39. The minimum Gasteiger partial charge on any atom is -0.475 e. The predicted octanol–water partition coefficient (Wildman–Crippen LogP) is 8.40. The SMILES string of the molecule is CCCCCCCCCCCCCCCC(=O)NCCCN(CCCNC(=O)CCCCCCCCCCCCCCC)C(=O)CCC(=O)N[C@@H](CCCN=C(N)N)C(=O)N[C@@H](CCCN=C(N)N)C(N)=O.O=C(O)C(F)(F)F.O=C(O)C(F)(F)F. The number of nitrogens with two attached hydrogens (primary N) is 5. The van der Waals surface area contributed by atoms with E-state index in [0.29, 0.717) is 64.7 Å². The number of amides is 6. The van der Waals surface area contributed by atoms with Crippen molar-refractivity contribution in [1.29, 1.82) is 0 Å². The molecule has 0 saturated carbocycles. The first-order valence-corrected chi connectivity index (χ1v) is 31.1. The van der Waals surface area contributed by atoms with Gasteiger partial charge in [0.2, 0.25) is 35.4 Å². The van der Waals surface area contributed by atoms with Crippen LogP contribution in [0.4, 0.5) is 26.3 Å². The lowest BCUT2D eigenvalue weighted by Gasteiger charge is -2.24. The van der Waals surface area contributed by atoms with E-state index in [-0.39, 0.29) is 68.4 Å². The number of halogens is 6. The van der Waals surface area contributed by atoms with Crippen molar-refractivity contribution in [3.63, 3.8) is 0 Å². The van der Waals surface area contributed by atoms with Gasteiger partial charge in [0.05, 0.1) is 0 Å². The number of aliphatic imine (C=N–C) groups is 2. The zero-order valence-electron chi connectivity index (χ0n) is 51.5. The number of aliphatic carboxylic acids is 2. The fourth-order valence-corrected chi connectivity index (χ4v) is 8.62. The molecule has 6 amide bonds. The molecule has 0 unspecified atom stereocenters. The van der Waals surface area contributed by atoms with E-state index in [4.69, 9.17) is 48.5 Å². The van der Waals surface area contributed by atoms with Crippen LogP contribution in [0.2, 0.25) is 0 Å². The van der Waals surface area contributed by atoms with Gasteiger partial charge in [0, 0.05) is 65.0 Å². The molecule has 22 nitrogen and oxygen atoms in total. The van der Waals surface area contributed by atoms with Gasteiger partial charge in [-0.1, -0.05) is 168 Å². The normalized spacial score (nSPS) is 11.7. The number of carboxylic acids is 2. The van der Waals surface area contributed by atoms with Crippen molar-refractivity contribution >= 4 is 59.3 Å². The molecule has 0 bridgehead atoms. The Hall–Kier alpha value is -6.12. The summed E-state index contributed by atoms with van der Waals surface area (Å²) < 4.78 is 63.5. The number of nitrogens with one attached hydrogen (secondary N) is 4. The number of hydrogen-bond acceptors (Lipinski definition) is 10. The van der Waals surface area contributed by atoms with Gasteiger partial charge in [-0.25, -0.2) is 9.59 Å². The number of hydrogen-bond donors (Lipinski definition) is 11. The Morgan fingerprint density at radius 3 is 1.03 bits per heavy atom. The molecule has 0 radical (unpaired) electrons. The minimum atomic E-state index is -5.08. The van der Waals surface area contributed by atoms with Crippen molar-refractivity contribution in [3.8, 4) is 0 Å². The van der Waals surface area contributed by atoms with Gasteiger partial charge in [-0.2, -0.15) is 26.3 Å². The number of carbonyl (C=O) groups excluding carboxylic acids is 6. The molecule has 16 N–H and O–H groups in total. The molecule has 86 heavy (non-hydrogen) atoms. The standard InChI is InChI=1S/C54H106N12O6.2C2HF3O2/c1-3-5-7-9-11-13-15-17-19-21-23-25-27-35-47(67)60-41-31-43-66(44-32-42-61-48(68)36-28-26-24-22-20-18-16-14-12-10-8-6-4-2)50(70)38-37-49(69)64-46(34-30-40-63-54(58)59)52(72)65-45(51(55)71)33-29-39-62-53(56)57;2*3-2(4,5)1(6)7/h45-46H,3-44H2,1-2H3,(H2,55,71)(H,60,67)(H,61,68)(H,64,69)(H,65,72)(H4,56,57,62)(H4,58,59,63);2*(H,6,7)/t45-,46-;;/m0../s1. The molecule has 0 aromatic carbocycles. The fraction of sp³-hybridized carbons (Fsp3) is 0.828. The molecule has 0 heterocycles. The van der Waals surface area contributed by atoms with Crippen LogP contribution in [0.15, 0.2) is 9.98 Å². The number of unbranched alkanes of at least 4 members (excludes halogenated alkanes) is 24. The lowest BCUT2D eigenvalue weighted by atomic mass is 10.0. The van der Waals surface area contributed by atoms with E-state index < -0.39 is 54.1 Å². The Balaban J connectivity index is -0.00000434. The molecule has 502 valence electrons. The number of carbonyl (C=O) groups is 8. The fourth-order valence-electron chi connectivity index (χ4n) is 8.62. The molecule has 0 aromatic heterocycles. The summed E-state index contributed by atoms with van der Waals surface area (Å²) in [6.07, 6.45) is 24.9. The molecule has 0 spiro atoms. The van der Waals surface area contributed by atoms with Crippen molar-refractivity contribution in [3.05, 3.63) is 0 Å². The quantitative estimate of drug-likeness (QED) is 0.0118. The Labute approximate surface area is 506 Å². The molecule has 28 heteroatoms. The van der Waals surface area contributed by atoms with E-state index in [0.717, 1.165) is 38.5 Å². The average molecular weight is 1250 g/mol. The second-order valence-electron chi connectivity index (χ2n) is 21.4. The van der Waals surface area contributed by atoms with E-state index in [1.807, 2.05) is 0 Å². The molecule has 0 aliphatic heterocycles. The zero-order valence-corrected chi connectivity index (χ0v) is 51.5. The largest absolute Gasteiger partial charge is 0.490 e. The Bertz CT molecular complexity index is 1820. The average Bonchev–Trinajstić information content (AvgIpc) is 3.65. The highest BCUT2D eigenvalue weighted by atomic mass is 19.4. The van der Waals surface area contributed by atoms with Gasteiger partial charge in [0.25, 0.3) is 0 Å². The lowest BCUT2D eigenvalue weighted by Crippen LogP contribution is -2.53. The van der Waals surface area contributed by atoms with Crippen LogP contribution in [0.25, 0.3) is 0 Å². The second kappa shape index (κ2) is 55.5. The van der Waals surface area contributed by atoms with Crippen molar-refractivity contribution < 1.29 is 74.9 Å². The van der Waals surface area contributed by atoms with E-state index in [1.165, 1.54) is 128 Å². The summed E-state index contributed by atoms with van der Waals surface area (Å²) in [4.78, 5) is 105. The minimum absolute atomic E-state index is 0.00353. The molecule has 0 aliphatic rings. The number of guanidine groups is 2. The van der Waals surface area contributed by atoms with Crippen LogP contribution in [-0.4, -0.2) is 138 Å². The highest BCUT2D eigenvalue weighted by Crippen LogP contribution is 2.17. The van der Waals surface area contributed by atoms with Crippen LogP contribution in [0.1, 0.15) is 245 Å². The third-order valence-electron chi connectivity index (χ3n) is 13.5. The van der Waals surface area contributed by atoms with Crippen molar-refractivity contribution in [2.24, 2.45) is 38.7 Å². The summed E-state index contributed by atoms with van der Waals surface area (Å²) in [5, 5.41) is 25.6. The molecule has 0 fully saturated rings. The van der Waals surface area contributed by atoms with Crippen LogP contribution in [0.3, 0.4) is 0 Å². The maximum absolute atomic E-state index is 13.7. The van der Waals surface area contributed by atoms with E-state index >= 15 is 0 Å². The van der Waals surface area contributed by atoms with Crippen molar-refractivity contribution in [2.75, 3.05) is 39.3 Å². The second-order valence-corrected chi connectivity index (χ2v) is 21.4. The maximum Gasteiger partial charge on any atom is 0.490 e. The molecular formula is C58H108F6N12O10. The number of nitrogens with zero attached hydrogens (tertiary/aromatic N) is 3. The summed E-state index contributed by atoms with van der Waals surface area (Å²) in [7, 11) is 0. The molecule has 0 rings (SSSR count). The first-order valence-electron chi connectivity index (χ1n) is 31.1. The topological polar surface area (TPSA) is 383 Å². The molecule has 2 atom stereocenters. The third kappa shape index (κ3) is 58.3. The first-order chi connectivity index (χ1) is 40.7. The van der Waals surface area contributed by atoms with Crippen molar-refractivity contribution in [2.45, 2.75) is 269 Å². The third-order valence-corrected chi connectivity index (χ3v) is 13.5. The summed E-state index contributed by atoms with van der Waals surface area (Å²) in [5.41, 5.74) is 27.3. The molecule has 0 aliphatic carbocycles. The summed E-state index contributed by atoms with van der Waals surface area (Å²) in [6, 6.07) is -2.10. The zero-order chi connectivity index (χ0) is 65.4. The van der Waals surface area contributed by atoms with Gasteiger partial charge in [-0.15, -0.1) is 0 Å². The highest BCUT2D eigenvalue weighted by molar-refractivity contribution is 5.92. The Morgan fingerprint density at radius 1 is 0.419 bits per heavy atom.